The number of Topliss-reactive ketones (excluding diaryl/α,β-unsaturated/α-hetero) is 1. The van der Waals surface area contributed by atoms with Gasteiger partial charge in [0.25, 0.3) is 0 Å². The van der Waals surface area contributed by atoms with E-state index in [1.165, 1.54) is 4.88 Å². The zero-order chi connectivity index (χ0) is 12.4. The number of ketones is 1. The molecule has 0 aromatic carbocycles. The lowest BCUT2D eigenvalue weighted by molar-refractivity contribution is 0.0910. The summed E-state index contributed by atoms with van der Waals surface area (Å²) in [5.41, 5.74) is 6.76. The van der Waals surface area contributed by atoms with Crippen LogP contribution in [0, 0.1) is 13.8 Å². The summed E-state index contributed by atoms with van der Waals surface area (Å²) in [5.74, 6) is 0.252. The predicted molar refractivity (Wildman–Crippen MR) is 71.8 cm³/mol. The maximum Gasteiger partial charge on any atom is 0.177 e. The van der Waals surface area contributed by atoms with Gasteiger partial charge in [0.2, 0.25) is 0 Å². The van der Waals surface area contributed by atoms with Crippen molar-refractivity contribution >= 4 is 17.1 Å². The van der Waals surface area contributed by atoms with Crippen LogP contribution in [0.5, 0.6) is 0 Å². The minimum absolute atomic E-state index is 0.252. The molecule has 1 aliphatic heterocycles. The third-order valence-electron chi connectivity index (χ3n) is 3.34. The maximum atomic E-state index is 12.2. The molecular formula is C13H20N2OS. The molecule has 1 aromatic heterocycles. The van der Waals surface area contributed by atoms with Crippen molar-refractivity contribution in [3.8, 4) is 0 Å². The SMILES string of the molecule is Cc1cc(C(=O)CN2CCC(N)CC2)c(C)s1. The van der Waals surface area contributed by atoms with Crippen LogP contribution < -0.4 is 5.73 Å². The van der Waals surface area contributed by atoms with Crippen molar-refractivity contribution in [3.05, 3.63) is 21.4 Å². The van der Waals surface area contributed by atoms with Gasteiger partial charge in [-0.1, -0.05) is 0 Å². The van der Waals surface area contributed by atoms with Crippen molar-refractivity contribution in [2.45, 2.75) is 32.7 Å². The van der Waals surface area contributed by atoms with Gasteiger partial charge in [-0.25, -0.2) is 0 Å². The fourth-order valence-corrected chi connectivity index (χ4v) is 3.25. The summed E-state index contributed by atoms with van der Waals surface area (Å²) in [4.78, 5) is 16.7. The lowest BCUT2D eigenvalue weighted by atomic mass is 10.0. The maximum absolute atomic E-state index is 12.2. The van der Waals surface area contributed by atoms with Gasteiger partial charge in [0.05, 0.1) is 6.54 Å². The first-order valence-corrected chi connectivity index (χ1v) is 6.96. The molecule has 2 rings (SSSR count). The summed E-state index contributed by atoms with van der Waals surface area (Å²) in [6.07, 6.45) is 2.02. The van der Waals surface area contributed by atoms with Crippen LogP contribution in [0.3, 0.4) is 0 Å². The van der Waals surface area contributed by atoms with Gasteiger partial charge in [-0.15, -0.1) is 11.3 Å². The minimum Gasteiger partial charge on any atom is -0.328 e. The Labute approximate surface area is 107 Å². The molecule has 1 fully saturated rings. The number of likely N-dealkylation sites (tertiary alicyclic amines) is 1. The number of nitrogens with two attached hydrogens (primary N) is 1. The smallest absolute Gasteiger partial charge is 0.177 e. The van der Waals surface area contributed by atoms with Gasteiger partial charge in [-0.2, -0.15) is 0 Å². The zero-order valence-electron chi connectivity index (χ0n) is 10.5. The monoisotopic (exact) mass is 252 g/mol. The fourth-order valence-electron chi connectivity index (χ4n) is 2.31. The Morgan fingerprint density at radius 1 is 1.47 bits per heavy atom. The molecule has 0 bridgehead atoms. The number of nitrogens with zero attached hydrogens (tertiary/aromatic N) is 1. The van der Waals surface area contributed by atoms with Crippen molar-refractivity contribution in [2.24, 2.45) is 5.73 Å². The Hall–Kier alpha value is -0.710. The Balaban J connectivity index is 1.95. The number of aryl methyl sites for hydroxylation is 2. The number of hydrogen-bond acceptors (Lipinski definition) is 4. The lowest BCUT2D eigenvalue weighted by Gasteiger charge is -2.29. The van der Waals surface area contributed by atoms with E-state index in [0.29, 0.717) is 12.6 Å². The number of thiophene rings is 1. The molecule has 4 heteroatoms. The van der Waals surface area contributed by atoms with E-state index in [-0.39, 0.29) is 5.78 Å². The second-order valence-electron chi connectivity index (χ2n) is 4.86. The third-order valence-corrected chi connectivity index (χ3v) is 4.31. The average molecular weight is 252 g/mol. The van der Waals surface area contributed by atoms with E-state index in [1.54, 1.807) is 11.3 Å². The van der Waals surface area contributed by atoms with Gasteiger partial charge in [0.15, 0.2) is 5.78 Å². The number of hydrogen-bond donors (Lipinski definition) is 1. The van der Waals surface area contributed by atoms with Crippen LogP contribution in [-0.2, 0) is 0 Å². The normalized spacial score (nSPS) is 18.5. The largest absolute Gasteiger partial charge is 0.328 e. The molecule has 0 amide bonds. The molecule has 0 atom stereocenters. The molecule has 1 saturated heterocycles. The van der Waals surface area contributed by atoms with Crippen molar-refractivity contribution in [3.63, 3.8) is 0 Å². The van der Waals surface area contributed by atoms with Gasteiger partial charge < -0.3 is 5.73 Å². The van der Waals surface area contributed by atoms with E-state index in [1.807, 2.05) is 19.9 Å². The van der Waals surface area contributed by atoms with E-state index in [2.05, 4.69) is 4.90 Å². The van der Waals surface area contributed by atoms with Crippen LogP contribution >= 0.6 is 11.3 Å². The van der Waals surface area contributed by atoms with E-state index < -0.39 is 0 Å². The van der Waals surface area contributed by atoms with E-state index in [4.69, 9.17) is 5.73 Å². The molecule has 1 aliphatic rings. The summed E-state index contributed by atoms with van der Waals surface area (Å²) in [5, 5.41) is 0. The van der Waals surface area contributed by atoms with Crippen molar-refractivity contribution in [1.82, 2.24) is 4.90 Å². The summed E-state index contributed by atoms with van der Waals surface area (Å²) >= 11 is 1.70. The van der Waals surface area contributed by atoms with Gasteiger partial charge in [-0.05, 0) is 32.8 Å². The number of carbonyl (C=O) groups is 1. The summed E-state index contributed by atoms with van der Waals surface area (Å²) in [6.45, 7) is 6.53. The van der Waals surface area contributed by atoms with Gasteiger partial charge >= 0.3 is 0 Å². The van der Waals surface area contributed by atoms with Crippen LogP contribution in [-0.4, -0.2) is 36.4 Å². The Morgan fingerprint density at radius 2 is 2.12 bits per heavy atom. The van der Waals surface area contributed by atoms with Gasteiger partial charge in [0.1, 0.15) is 0 Å². The molecule has 0 radical (unpaired) electrons. The summed E-state index contributed by atoms with van der Waals surface area (Å²) < 4.78 is 0. The molecule has 0 unspecified atom stereocenters. The Morgan fingerprint density at radius 3 is 2.65 bits per heavy atom. The molecule has 2 N–H and O–H groups in total. The highest BCUT2D eigenvalue weighted by Gasteiger charge is 2.20. The topological polar surface area (TPSA) is 46.3 Å². The highest BCUT2D eigenvalue weighted by Crippen LogP contribution is 2.21. The molecule has 1 aromatic rings. The van der Waals surface area contributed by atoms with Crippen LogP contribution in [0.4, 0.5) is 0 Å². The molecule has 17 heavy (non-hydrogen) atoms. The van der Waals surface area contributed by atoms with E-state index in [9.17, 15) is 4.79 Å². The molecular weight excluding hydrogens is 232 g/mol. The van der Waals surface area contributed by atoms with Crippen LogP contribution in [0.2, 0.25) is 0 Å². The molecule has 0 aliphatic carbocycles. The number of piperidine rings is 1. The van der Waals surface area contributed by atoms with Crippen LogP contribution in [0.1, 0.15) is 33.0 Å². The third kappa shape index (κ3) is 3.15. The Bertz CT molecular complexity index is 406. The van der Waals surface area contributed by atoms with Crippen molar-refractivity contribution in [2.75, 3.05) is 19.6 Å². The quantitative estimate of drug-likeness (QED) is 0.837. The number of carbonyl (C=O) groups excluding carboxylic acids is 1. The highest BCUT2D eigenvalue weighted by atomic mass is 32.1. The molecule has 0 spiro atoms. The summed E-state index contributed by atoms with van der Waals surface area (Å²) in [6, 6.07) is 2.34. The molecule has 3 nitrogen and oxygen atoms in total. The second-order valence-corrected chi connectivity index (χ2v) is 6.32. The first-order valence-electron chi connectivity index (χ1n) is 6.14. The van der Waals surface area contributed by atoms with Crippen LogP contribution in [0.15, 0.2) is 6.07 Å². The van der Waals surface area contributed by atoms with Crippen molar-refractivity contribution in [1.29, 1.82) is 0 Å². The first-order chi connectivity index (χ1) is 8.06. The molecule has 0 saturated carbocycles. The molecule has 2 heterocycles. The standard InChI is InChI=1S/C13H20N2OS/c1-9-7-12(10(2)17-9)13(16)8-15-5-3-11(14)4-6-15/h7,11H,3-6,8,14H2,1-2H3. The van der Waals surface area contributed by atoms with Gasteiger partial charge in [0, 0.05) is 34.4 Å². The summed E-state index contributed by atoms with van der Waals surface area (Å²) in [7, 11) is 0. The first kappa shape index (κ1) is 12.7. The van der Waals surface area contributed by atoms with Crippen LogP contribution in [0.25, 0.3) is 0 Å². The minimum atomic E-state index is 0.252. The molecule has 94 valence electrons. The van der Waals surface area contributed by atoms with E-state index >= 15 is 0 Å². The predicted octanol–water partition coefficient (Wildman–Crippen LogP) is 1.97. The number of rotatable bonds is 3. The fraction of sp³-hybridized carbons (Fsp3) is 0.615. The lowest BCUT2D eigenvalue weighted by Crippen LogP contribution is -2.41. The zero-order valence-corrected chi connectivity index (χ0v) is 11.3. The van der Waals surface area contributed by atoms with E-state index in [0.717, 1.165) is 36.4 Å². The second kappa shape index (κ2) is 5.29. The van der Waals surface area contributed by atoms with Gasteiger partial charge in [-0.3, -0.25) is 9.69 Å². The highest BCUT2D eigenvalue weighted by molar-refractivity contribution is 7.12. The average Bonchev–Trinajstić information content (AvgIpc) is 2.61. The Kier molecular flexibility index (Phi) is 3.97. The van der Waals surface area contributed by atoms with Crippen molar-refractivity contribution < 1.29 is 4.79 Å².